The van der Waals surface area contributed by atoms with Gasteiger partial charge in [-0.25, -0.2) is 0 Å². The molecule has 8 heteroatoms. The van der Waals surface area contributed by atoms with E-state index in [4.69, 9.17) is 13.6 Å². The molecule has 6 heterocycles. The summed E-state index contributed by atoms with van der Waals surface area (Å²) in [6, 6.07) is 99.7. The lowest BCUT2D eigenvalue weighted by atomic mass is 9.30. The van der Waals surface area contributed by atoms with Crippen LogP contribution in [-0.4, -0.2) is 13.4 Å². The maximum Gasteiger partial charge on any atom is 0.256 e. The smallest absolute Gasteiger partial charge is 0.256 e. The Morgan fingerprint density at radius 3 is 1.36 bits per heavy atom. The molecule has 0 N–H and O–H groups in total. The lowest BCUT2D eigenvalue weighted by Gasteiger charge is -2.47. The fourth-order valence-corrected chi connectivity index (χ4v) is 16.6. The second-order valence-corrected chi connectivity index (χ2v) is 30.3. The third-order valence-corrected chi connectivity index (χ3v) is 21.4. The van der Waals surface area contributed by atoms with Crippen LogP contribution in [0.2, 0.25) is 0 Å². The molecule has 4 aliphatic rings. The Labute approximate surface area is 573 Å². The van der Waals surface area contributed by atoms with E-state index in [1.54, 1.807) is 0 Å². The van der Waals surface area contributed by atoms with E-state index >= 15 is 0 Å². The minimum atomic E-state index is -0.267. The molecular weight excluding hydrogens is 1190 g/mol. The summed E-state index contributed by atoms with van der Waals surface area (Å²) in [5, 5.41) is 4.16. The van der Waals surface area contributed by atoms with Crippen LogP contribution < -0.4 is 52.2 Å². The maximum absolute atomic E-state index is 7.49. The molecular formula is C90H71B2N3O3. The highest BCUT2D eigenvalue weighted by Crippen LogP contribution is 2.56. The van der Waals surface area contributed by atoms with Crippen molar-refractivity contribution in [1.29, 1.82) is 0 Å². The van der Waals surface area contributed by atoms with E-state index in [1.165, 1.54) is 38.5 Å². The number of ether oxygens (including phenoxy) is 1. The Kier molecular flexibility index (Phi) is 12.6. The first-order valence-electron chi connectivity index (χ1n) is 34.5. The maximum atomic E-state index is 7.49. The summed E-state index contributed by atoms with van der Waals surface area (Å²) >= 11 is 0. The average molecular weight is 1260 g/mol. The molecule has 0 fully saturated rings. The SMILES string of the molecule is CC(C)(C)c1ccc(-c2ccccc2N2c3cc4c(cc3B3c5ccccc5Oc5c3c2cc2oc3ccccc3c52)B2c3ccccc3N(c3ccccc3)c3c2c(cc2oc5ccccc5c32)N4c2c(-c3ccc(C(C)(C)C)cc3)cccc2-c2ccc(C(C)(C)C)cc2)cc1. The van der Waals surface area contributed by atoms with Crippen LogP contribution in [0.5, 0.6) is 11.5 Å². The fraction of sp³-hybridized carbons (Fsp3) is 0.133. The monoisotopic (exact) mass is 1260 g/mol. The first-order chi connectivity index (χ1) is 47.5. The standard InChI is InChI=1S/C90H71B2N3O3/c1-88(2,3)57-44-38-54(39-45-57)61-26-13-18-33-70(61)94-72-51-73-69(50-68(72)92-67-32-17-22-37-78(67)98-87-82-65-28-15-21-36-77(65)97-80(82)53-75(94)84(87)92)91-66-31-16-19-34-71(66)93(60-24-11-10-12-25-60)86-81-64-27-14-20-35-76(64)96-79(81)52-74(83(86)91)95(73)85-62(55-40-46-58(47-41-55)89(4,5)6)29-23-30-63(85)56-42-48-59(49-43-56)90(7,8)9/h10-53H,1-9H3. The molecule has 0 aliphatic carbocycles. The van der Waals surface area contributed by atoms with Crippen LogP contribution in [0.15, 0.2) is 276 Å². The number of hydrogen-bond donors (Lipinski definition) is 0. The number of anilines is 9. The van der Waals surface area contributed by atoms with E-state index in [-0.39, 0.29) is 29.7 Å². The number of benzene rings is 13. The number of para-hydroxylation sites is 7. The van der Waals surface area contributed by atoms with Crippen LogP contribution in [0.1, 0.15) is 79.0 Å². The first kappa shape index (κ1) is 58.2. The number of hydrogen-bond acceptors (Lipinski definition) is 6. The highest BCUT2D eigenvalue weighted by Gasteiger charge is 2.50. The van der Waals surface area contributed by atoms with E-state index in [0.717, 1.165) is 151 Å². The molecule has 19 rings (SSSR count). The average Bonchev–Trinajstić information content (AvgIpc) is 1.03. The van der Waals surface area contributed by atoms with Crippen molar-refractivity contribution in [3.05, 3.63) is 284 Å². The minimum absolute atomic E-state index is 0.0281. The van der Waals surface area contributed by atoms with E-state index in [0.29, 0.717) is 0 Å². The van der Waals surface area contributed by atoms with Crippen molar-refractivity contribution in [3.63, 3.8) is 0 Å². The third kappa shape index (κ3) is 8.69. The molecule has 0 unspecified atom stereocenters. The van der Waals surface area contributed by atoms with Gasteiger partial charge in [-0.2, -0.15) is 0 Å². The normalized spacial score (nSPS) is 13.7. The molecule has 0 bridgehead atoms. The summed E-state index contributed by atoms with van der Waals surface area (Å²) in [4.78, 5) is 7.74. The van der Waals surface area contributed by atoms with Crippen LogP contribution in [-0.2, 0) is 16.2 Å². The molecule has 0 radical (unpaired) electrons. The molecule has 13 aromatic carbocycles. The lowest BCUT2D eigenvalue weighted by molar-refractivity contribution is 0.493. The second-order valence-electron chi connectivity index (χ2n) is 30.3. The predicted octanol–water partition coefficient (Wildman–Crippen LogP) is 20.9. The van der Waals surface area contributed by atoms with Crippen LogP contribution >= 0.6 is 0 Å². The van der Waals surface area contributed by atoms with E-state index < -0.39 is 0 Å². The molecule has 4 aliphatic heterocycles. The molecule has 6 nitrogen and oxygen atoms in total. The van der Waals surface area contributed by atoms with Gasteiger partial charge in [0, 0.05) is 73.7 Å². The molecule has 2 aromatic heterocycles. The minimum Gasteiger partial charge on any atom is -0.458 e. The Balaban J connectivity index is 0.995. The summed E-state index contributed by atoms with van der Waals surface area (Å²) in [6.07, 6.45) is 0. The van der Waals surface area contributed by atoms with Crippen molar-refractivity contribution in [1.82, 2.24) is 0 Å². The van der Waals surface area contributed by atoms with Gasteiger partial charge in [-0.15, -0.1) is 0 Å². The molecule has 0 spiro atoms. The predicted molar refractivity (Wildman–Crippen MR) is 413 cm³/mol. The molecule has 470 valence electrons. The van der Waals surface area contributed by atoms with Gasteiger partial charge in [0.1, 0.15) is 33.8 Å². The van der Waals surface area contributed by atoms with Gasteiger partial charge in [0.2, 0.25) is 0 Å². The van der Waals surface area contributed by atoms with Crippen molar-refractivity contribution >= 4 is 141 Å². The largest absolute Gasteiger partial charge is 0.458 e. The van der Waals surface area contributed by atoms with Crippen molar-refractivity contribution in [2.24, 2.45) is 0 Å². The van der Waals surface area contributed by atoms with Crippen molar-refractivity contribution in [3.8, 4) is 44.9 Å². The van der Waals surface area contributed by atoms with Crippen molar-refractivity contribution < 1.29 is 13.6 Å². The number of furan rings is 2. The number of fused-ring (bicyclic) bond motifs is 16. The Morgan fingerprint density at radius 2 is 0.755 bits per heavy atom. The van der Waals surface area contributed by atoms with Crippen LogP contribution in [0.25, 0.3) is 77.3 Å². The summed E-state index contributed by atoms with van der Waals surface area (Å²) in [5.41, 5.74) is 30.3. The van der Waals surface area contributed by atoms with Crippen molar-refractivity contribution in [2.45, 2.75) is 78.6 Å². The van der Waals surface area contributed by atoms with Gasteiger partial charge in [-0.3, -0.25) is 0 Å². The number of nitrogens with zero attached hydrogens (tertiary/aromatic N) is 3. The van der Waals surface area contributed by atoms with Crippen LogP contribution in [0.3, 0.4) is 0 Å². The molecule has 98 heavy (non-hydrogen) atoms. The first-order valence-corrected chi connectivity index (χ1v) is 34.5. The molecule has 0 saturated carbocycles. The molecule has 0 amide bonds. The van der Waals surface area contributed by atoms with Gasteiger partial charge in [-0.05, 0) is 131 Å². The molecule has 15 aromatic rings. The van der Waals surface area contributed by atoms with Gasteiger partial charge in [0.25, 0.3) is 13.4 Å². The highest BCUT2D eigenvalue weighted by atomic mass is 16.5. The summed E-state index contributed by atoms with van der Waals surface area (Å²) in [7, 11) is 0. The molecule has 0 atom stereocenters. The van der Waals surface area contributed by atoms with Gasteiger partial charge in [-0.1, -0.05) is 269 Å². The van der Waals surface area contributed by atoms with E-state index in [1.807, 2.05) is 0 Å². The van der Waals surface area contributed by atoms with Gasteiger partial charge >= 0.3 is 0 Å². The zero-order valence-electron chi connectivity index (χ0n) is 56.6. The molecule has 0 saturated heterocycles. The fourth-order valence-electron chi connectivity index (χ4n) is 16.6. The van der Waals surface area contributed by atoms with E-state index in [9.17, 15) is 0 Å². The van der Waals surface area contributed by atoms with Gasteiger partial charge in [0.05, 0.1) is 27.8 Å². The summed E-state index contributed by atoms with van der Waals surface area (Å²) in [6.45, 7) is 20.1. The van der Waals surface area contributed by atoms with E-state index in [2.05, 4.69) is 344 Å². The van der Waals surface area contributed by atoms with Gasteiger partial charge in [0.15, 0.2) is 0 Å². The lowest BCUT2D eigenvalue weighted by Crippen LogP contribution is -2.64. The quantitative estimate of drug-likeness (QED) is 0.155. The summed E-state index contributed by atoms with van der Waals surface area (Å²) in [5.74, 6) is 1.66. The number of rotatable bonds is 6. The van der Waals surface area contributed by atoms with Crippen LogP contribution in [0.4, 0.5) is 51.2 Å². The zero-order chi connectivity index (χ0) is 66.3. The van der Waals surface area contributed by atoms with Crippen molar-refractivity contribution in [2.75, 3.05) is 14.7 Å². The Hall–Kier alpha value is -11.2. The van der Waals surface area contributed by atoms with Gasteiger partial charge < -0.3 is 28.3 Å². The zero-order valence-corrected chi connectivity index (χ0v) is 56.6. The van der Waals surface area contributed by atoms with Crippen LogP contribution in [0, 0.1) is 0 Å². The third-order valence-electron chi connectivity index (χ3n) is 21.4. The Morgan fingerprint density at radius 1 is 0.296 bits per heavy atom. The second kappa shape index (κ2) is 21.1. The summed E-state index contributed by atoms with van der Waals surface area (Å²) < 4.78 is 21.9. The highest BCUT2D eigenvalue weighted by molar-refractivity contribution is 7.03. The topological polar surface area (TPSA) is 45.2 Å². The Bertz CT molecular complexity index is 5730.